The van der Waals surface area contributed by atoms with Gasteiger partial charge in [-0.15, -0.1) is 11.3 Å². The molecule has 2 heterocycles. The predicted molar refractivity (Wildman–Crippen MR) is 120 cm³/mol. The molecule has 31 heavy (non-hydrogen) atoms. The van der Waals surface area contributed by atoms with Crippen LogP contribution in [0, 0.1) is 0 Å². The van der Waals surface area contributed by atoms with E-state index < -0.39 is 6.04 Å². The van der Waals surface area contributed by atoms with Gasteiger partial charge in [-0.3, -0.25) is 4.79 Å². The minimum Gasteiger partial charge on any atom is -0.462 e. The number of anilines is 1. The standard InChI is InChI=1S/C24H30N2O4S/c1-2-29-24(28)20-18-12-6-7-13-19(18)31-23(20)26-22(27)21(16-9-4-3-5-10-16)25-15-17-11-8-14-30-17/h3-5,9-10,17,21,25H,2,6-8,11-15H2,1H3,(H,26,27)/p+1/t17-,21-/m0/s1. The summed E-state index contributed by atoms with van der Waals surface area (Å²) in [7, 11) is 0. The fourth-order valence-corrected chi connectivity index (χ4v) is 5.72. The highest BCUT2D eigenvalue weighted by molar-refractivity contribution is 7.17. The summed E-state index contributed by atoms with van der Waals surface area (Å²) in [5, 5.41) is 5.77. The number of fused-ring (bicyclic) bond motifs is 1. The first-order valence-corrected chi connectivity index (χ1v) is 12.1. The van der Waals surface area contributed by atoms with Crippen LogP contribution in [0.4, 0.5) is 5.00 Å². The van der Waals surface area contributed by atoms with Crippen LogP contribution in [-0.4, -0.2) is 37.7 Å². The first-order chi connectivity index (χ1) is 15.2. The largest absolute Gasteiger partial charge is 0.462 e. The summed E-state index contributed by atoms with van der Waals surface area (Å²) in [5.74, 6) is -0.454. The van der Waals surface area contributed by atoms with Crippen LogP contribution >= 0.6 is 11.3 Å². The summed E-state index contributed by atoms with van der Waals surface area (Å²) in [4.78, 5) is 27.4. The van der Waals surface area contributed by atoms with Gasteiger partial charge in [0.2, 0.25) is 0 Å². The van der Waals surface area contributed by atoms with Crippen molar-refractivity contribution in [2.45, 2.75) is 57.6 Å². The lowest BCUT2D eigenvalue weighted by Crippen LogP contribution is -2.89. The van der Waals surface area contributed by atoms with Crippen molar-refractivity contribution in [1.29, 1.82) is 0 Å². The van der Waals surface area contributed by atoms with Gasteiger partial charge in [0, 0.05) is 17.0 Å². The van der Waals surface area contributed by atoms with Crippen molar-refractivity contribution < 1.29 is 24.4 Å². The van der Waals surface area contributed by atoms with Gasteiger partial charge >= 0.3 is 5.97 Å². The van der Waals surface area contributed by atoms with Gasteiger partial charge in [0.05, 0.1) is 12.2 Å². The number of nitrogens with one attached hydrogen (secondary N) is 1. The second-order valence-corrected chi connectivity index (χ2v) is 9.22. The lowest BCUT2D eigenvalue weighted by Gasteiger charge is -2.18. The number of carbonyl (C=O) groups is 2. The molecule has 1 aromatic carbocycles. The predicted octanol–water partition coefficient (Wildman–Crippen LogP) is 3.23. The molecular weight excluding hydrogens is 412 g/mol. The molecule has 1 fully saturated rings. The van der Waals surface area contributed by atoms with Crippen LogP contribution in [-0.2, 0) is 27.1 Å². The molecule has 0 saturated carbocycles. The van der Waals surface area contributed by atoms with Crippen LogP contribution in [0.25, 0.3) is 0 Å². The zero-order chi connectivity index (χ0) is 21.6. The van der Waals surface area contributed by atoms with Crippen LogP contribution in [0.1, 0.15) is 65.0 Å². The van der Waals surface area contributed by atoms with E-state index >= 15 is 0 Å². The Morgan fingerprint density at radius 1 is 1.23 bits per heavy atom. The summed E-state index contributed by atoms with van der Waals surface area (Å²) in [6.45, 7) is 3.65. The third-order valence-corrected chi connectivity index (χ3v) is 7.19. The minimum atomic E-state index is -0.403. The highest BCUT2D eigenvalue weighted by atomic mass is 32.1. The number of benzene rings is 1. The maximum absolute atomic E-state index is 13.4. The Morgan fingerprint density at radius 3 is 2.77 bits per heavy atom. The van der Waals surface area contributed by atoms with Crippen molar-refractivity contribution in [3.05, 3.63) is 51.9 Å². The molecular formula is C24H31N2O4S+. The van der Waals surface area contributed by atoms with Crippen molar-refractivity contribution in [3.63, 3.8) is 0 Å². The number of hydrogen-bond donors (Lipinski definition) is 2. The van der Waals surface area contributed by atoms with Crippen LogP contribution in [0.2, 0.25) is 0 Å². The van der Waals surface area contributed by atoms with Gasteiger partial charge < -0.3 is 20.1 Å². The highest BCUT2D eigenvalue weighted by Crippen LogP contribution is 2.39. The van der Waals surface area contributed by atoms with Crippen LogP contribution in [0.15, 0.2) is 30.3 Å². The van der Waals surface area contributed by atoms with Gasteiger partial charge in [0.15, 0.2) is 6.04 Å². The fourth-order valence-electron chi connectivity index (χ4n) is 4.44. The van der Waals surface area contributed by atoms with Gasteiger partial charge in [0.25, 0.3) is 5.91 Å². The van der Waals surface area contributed by atoms with Gasteiger partial charge in [-0.25, -0.2) is 4.79 Å². The second kappa shape index (κ2) is 10.4. The van der Waals surface area contributed by atoms with E-state index in [0.717, 1.165) is 62.8 Å². The van der Waals surface area contributed by atoms with Gasteiger partial charge in [-0.2, -0.15) is 0 Å². The fraction of sp³-hybridized carbons (Fsp3) is 0.500. The Balaban J connectivity index is 1.57. The second-order valence-electron chi connectivity index (χ2n) is 8.12. The normalized spacial score (nSPS) is 18.9. The Hall–Kier alpha value is -2.22. The van der Waals surface area contributed by atoms with Crippen molar-refractivity contribution in [2.75, 3.05) is 25.1 Å². The number of thiophene rings is 1. The zero-order valence-corrected chi connectivity index (χ0v) is 18.8. The monoisotopic (exact) mass is 443 g/mol. The van der Waals surface area contributed by atoms with E-state index in [9.17, 15) is 9.59 Å². The molecule has 2 atom stereocenters. The molecule has 1 amide bonds. The molecule has 0 bridgehead atoms. The molecule has 2 aromatic rings. The molecule has 1 saturated heterocycles. The lowest BCUT2D eigenvalue weighted by atomic mass is 9.95. The number of quaternary nitrogens is 1. The molecule has 7 heteroatoms. The Bertz CT molecular complexity index is 906. The number of rotatable bonds is 8. The molecule has 166 valence electrons. The average molecular weight is 444 g/mol. The quantitative estimate of drug-likeness (QED) is 0.614. The molecule has 1 aromatic heterocycles. The molecule has 0 radical (unpaired) electrons. The number of hydrogen-bond acceptors (Lipinski definition) is 5. The van der Waals surface area contributed by atoms with Crippen LogP contribution < -0.4 is 10.6 Å². The molecule has 6 nitrogen and oxygen atoms in total. The van der Waals surface area contributed by atoms with Crippen molar-refractivity contribution in [1.82, 2.24) is 0 Å². The molecule has 2 aliphatic rings. The van der Waals surface area contributed by atoms with Gasteiger partial charge in [0.1, 0.15) is 17.6 Å². The van der Waals surface area contributed by atoms with Crippen LogP contribution in [0.5, 0.6) is 0 Å². The third-order valence-electron chi connectivity index (χ3n) is 5.99. The molecule has 3 N–H and O–H groups in total. The van der Waals surface area contributed by atoms with Crippen molar-refractivity contribution in [2.24, 2.45) is 0 Å². The van der Waals surface area contributed by atoms with Gasteiger partial charge in [-0.05, 0) is 51.0 Å². The van der Waals surface area contributed by atoms with Gasteiger partial charge in [-0.1, -0.05) is 30.3 Å². The molecule has 4 rings (SSSR count). The van der Waals surface area contributed by atoms with E-state index in [1.165, 1.54) is 16.2 Å². The van der Waals surface area contributed by atoms with Crippen LogP contribution in [0.3, 0.4) is 0 Å². The Morgan fingerprint density at radius 2 is 2.03 bits per heavy atom. The van der Waals surface area contributed by atoms with E-state index in [-0.39, 0.29) is 18.0 Å². The Kier molecular flexibility index (Phi) is 7.37. The van der Waals surface area contributed by atoms with E-state index in [2.05, 4.69) is 10.6 Å². The summed E-state index contributed by atoms with van der Waals surface area (Å²) in [5.41, 5.74) is 2.56. The number of amides is 1. The molecule has 0 unspecified atom stereocenters. The number of nitrogens with two attached hydrogens (primary N) is 1. The number of aryl methyl sites for hydroxylation is 1. The number of ether oxygens (including phenoxy) is 2. The Labute approximate surface area is 187 Å². The maximum Gasteiger partial charge on any atom is 0.341 e. The molecule has 1 aliphatic heterocycles. The van der Waals surface area contributed by atoms with Crippen molar-refractivity contribution >= 4 is 28.2 Å². The minimum absolute atomic E-state index is 0.117. The van der Waals surface area contributed by atoms with Crippen molar-refractivity contribution in [3.8, 4) is 0 Å². The van der Waals surface area contributed by atoms with E-state index in [1.54, 1.807) is 6.92 Å². The van der Waals surface area contributed by atoms with E-state index in [0.29, 0.717) is 17.2 Å². The summed E-state index contributed by atoms with van der Waals surface area (Å²) >= 11 is 1.53. The average Bonchev–Trinajstić information content (AvgIpc) is 3.42. The summed E-state index contributed by atoms with van der Waals surface area (Å²) in [6, 6.07) is 9.39. The number of carbonyl (C=O) groups excluding carboxylic acids is 2. The zero-order valence-electron chi connectivity index (χ0n) is 18.0. The summed E-state index contributed by atoms with van der Waals surface area (Å²) in [6.07, 6.45) is 6.28. The molecule has 0 spiro atoms. The highest BCUT2D eigenvalue weighted by Gasteiger charge is 2.31. The molecule has 1 aliphatic carbocycles. The topological polar surface area (TPSA) is 81.2 Å². The van der Waals surface area contributed by atoms with E-state index in [1.807, 2.05) is 30.3 Å². The number of esters is 1. The lowest BCUT2D eigenvalue weighted by molar-refractivity contribution is -0.687. The first kappa shape index (κ1) is 22.0. The summed E-state index contributed by atoms with van der Waals surface area (Å²) < 4.78 is 11.1. The van der Waals surface area contributed by atoms with E-state index in [4.69, 9.17) is 9.47 Å². The smallest absolute Gasteiger partial charge is 0.341 e. The first-order valence-electron chi connectivity index (χ1n) is 11.3. The maximum atomic E-state index is 13.4. The third kappa shape index (κ3) is 5.17. The SMILES string of the molecule is CCOC(=O)c1c(NC(=O)[C@@H]([NH2+]C[C@@H]2CCCO2)c2ccccc2)sc2c1CCCC2.